The number of hydrogen-bond donors (Lipinski definition) is 1. The van der Waals surface area contributed by atoms with Crippen molar-refractivity contribution in [3.8, 4) is 5.69 Å². The number of benzene rings is 3. The molecule has 4 aromatic rings. The van der Waals surface area contributed by atoms with E-state index in [-0.39, 0.29) is 17.0 Å². The van der Waals surface area contributed by atoms with E-state index in [9.17, 15) is 9.59 Å². The summed E-state index contributed by atoms with van der Waals surface area (Å²) in [6.07, 6.45) is 1.10. The maximum absolute atomic E-state index is 14.6. The van der Waals surface area contributed by atoms with Gasteiger partial charge in [0.05, 0.1) is 11.4 Å². The van der Waals surface area contributed by atoms with Crippen LogP contribution in [-0.4, -0.2) is 21.3 Å². The molecule has 2 aliphatic carbocycles. The summed E-state index contributed by atoms with van der Waals surface area (Å²) in [6, 6.07) is 21.9. The molecule has 35 heavy (non-hydrogen) atoms. The molecule has 5 heteroatoms. The van der Waals surface area contributed by atoms with Crippen LogP contribution in [0.25, 0.3) is 16.5 Å². The van der Waals surface area contributed by atoms with Crippen LogP contribution in [0.4, 0.5) is 5.82 Å². The molecular formula is C30H25N3O2. The second-order valence-electron chi connectivity index (χ2n) is 10.8. The predicted molar refractivity (Wildman–Crippen MR) is 136 cm³/mol. The quantitative estimate of drug-likeness (QED) is 0.386. The molecule has 1 spiro atoms. The lowest BCUT2D eigenvalue weighted by Crippen LogP contribution is -2.47. The van der Waals surface area contributed by atoms with E-state index in [1.54, 1.807) is 0 Å². The molecule has 0 unspecified atom stereocenters. The van der Waals surface area contributed by atoms with E-state index in [2.05, 4.69) is 19.2 Å². The number of carbonyl (C=O) groups is 2. The van der Waals surface area contributed by atoms with Crippen molar-refractivity contribution < 1.29 is 9.59 Å². The molecule has 1 atom stereocenters. The van der Waals surface area contributed by atoms with E-state index >= 15 is 0 Å². The number of Topliss-reactive ketones (excluding diaryl/α,β-unsaturated/α-hetero) is 2. The molecule has 1 aromatic heterocycles. The summed E-state index contributed by atoms with van der Waals surface area (Å²) in [5.74, 6) is 0.791. The smallest absolute Gasteiger partial charge is 0.183 e. The summed E-state index contributed by atoms with van der Waals surface area (Å²) in [4.78, 5) is 28.6. The highest BCUT2D eigenvalue weighted by Crippen LogP contribution is 2.59. The lowest BCUT2D eigenvalue weighted by molar-refractivity contribution is -0.118. The number of carbonyl (C=O) groups excluding carboxylic acids is 2. The minimum Gasteiger partial charge on any atom is -0.343 e. The van der Waals surface area contributed by atoms with Gasteiger partial charge in [-0.1, -0.05) is 68.4 Å². The molecule has 0 radical (unpaired) electrons. The lowest BCUT2D eigenvalue weighted by Gasteiger charge is -2.43. The molecule has 172 valence electrons. The van der Waals surface area contributed by atoms with Crippen molar-refractivity contribution in [3.63, 3.8) is 0 Å². The Labute approximate surface area is 203 Å². The standard InChI is InChI=1S/C30H25N3O2/c1-17-25-28(33(32-17)19-11-5-4-6-12-19)31-22-15-29(2,3)16-23(34)26(22)30(25)21-14-8-10-18-9-7-13-20(24(18)21)27(30)35/h4-14,31H,15-16H2,1-3H3/t30-/m0/s1. The first-order valence-corrected chi connectivity index (χ1v) is 12.1. The molecule has 0 fully saturated rings. The van der Waals surface area contributed by atoms with Gasteiger partial charge < -0.3 is 5.32 Å². The Morgan fingerprint density at radius 2 is 1.66 bits per heavy atom. The maximum Gasteiger partial charge on any atom is 0.183 e. The Hall–Kier alpha value is -3.99. The van der Waals surface area contributed by atoms with Gasteiger partial charge in [-0.2, -0.15) is 5.10 Å². The second kappa shape index (κ2) is 6.57. The zero-order valence-corrected chi connectivity index (χ0v) is 20.0. The zero-order valence-electron chi connectivity index (χ0n) is 20.0. The number of allylic oxidation sites excluding steroid dienone is 2. The number of rotatable bonds is 1. The Kier molecular flexibility index (Phi) is 3.83. The number of fused-ring (bicyclic) bond motifs is 4. The van der Waals surface area contributed by atoms with E-state index in [1.807, 2.05) is 78.3 Å². The highest BCUT2D eigenvalue weighted by Gasteiger charge is 2.60. The number of aromatic nitrogens is 2. The molecule has 5 nitrogen and oxygen atoms in total. The number of para-hydroxylation sites is 1. The first-order chi connectivity index (χ1) is 16.8. The molecule has 0 saturated heterocycles. The van der Waals surface area contributed by atoms with Gasteiger partial charge >= 0.3 is 0 Å². The fourth-order valence-electron chi connectivity index (χ4n) is 6.64. The highest BCUT2D eigenvalue weighted by molar-refractivity contribution is 6.28. The van der Waals surface area contributed by atoms with Crippen LogP contribution in [0.1, 0.15) is 53.9 Å². The van der Waals surface area contributed by atoms with Gasteiger partial charge in [0.1, 0.15) is 11.2 Å². The summed E-state index contributed by atoms with van der Waals surface area (Å²) in [5.41, 5.74) is 4.09. The summed E-state index contributed by atoms with van der Waals surface area (Å²) >= 11 is 0. The van der Waals surface area contributed by atoms with Crippen LogP contribution in [0.15, 0.2) is 78.0 Å². The monoisotopic (exact) mass is 459 g/mol. The summed E-state index contributed by atoms with van der Waals surface area (Å²) in [7, 11) is 0. The van der Waals surface area contributed by atoms with Crippen LogP contribution in [0.3, 0.4) is 0 Å². The Bertz CT molecular complexity index is 1640. The SMILES string of the molecule is Cc1nn(-c2ccccc2)c2c1[C@]1(C(=O)c3cccc4cccc1c34)C1=C(CC(C)(C)CC1=O)N2. The first kappa shape index (κ1) is 20.4. The van der Waals surface area contributed by atoms with Gasteiger partial charge in [0.25, 0.3) is 0 Å². The number of ketones is 2. The van der Waals surface area contributed by atoms with Crippen LogP contribution < -0.4 is 5.32 Å². The summed E-state index contributed by atoms with van der Waals surface area (Å²) in [6.45, 7) is 6.18. The Morgan fingerprint density at radius 1 is 0.914 bits per heavy atom. The topological polar surface area (TPSA) is 64.0 Å². The molecule has 3 aromatic carbocycles. The number of aryl methyl sites for hydroxylation is 1. The van der Waals surface area contributed by atoms with E-state index in [4.69, 9.17) is 5.10 Å². The van der Waals surface area contributed by atoms with Gasteiger partial charge in [0.15, 0.2) is 11.6 Å². The molecule has 0 amide bonds. The van der Waals surface area contributed by atoms with Crippen molar-refractivity contribution in [1.29, 1.82) is 0 Å². The van der Waals surface area contributed by atoms with Crippen molar-refractivity contribution in [2.24, 2.45) is 5.41 Å². The summed E-state index contributed by atoms with van der Waals surface area (Å²) in [5, 5.41) is 10.5. The molecule has 7 rings (SSSR count). The molecular weight excluding hydrogens is 434 g/mol. The van der Waals surface area contributed by atoms with Crippen LogP contribution in [0.2, 0.25) is 0 Å². The van der Waals surface area contributed by atoms with Gasteiger partial charge in [-0.05, 0) is 47.2 Å². The average molecular weight is 460 g/mol. The molecule has 1 aliphatic heterocycles. The molecule has 0 bridgehead atoms. The predicted octanol–water partition coefficient (Wildman–Crippen LogP) is 5.89. The average Bonchev–Trinajstić information content (AvgIpc) is 3.28. The van der Waals surface area contributed by atoms with Crippen LogP contribution in [0, 0.1) is 12.3 Å². The Morgan fingerprint density at radius 3 is 2.43 bits per heavy atom. The number of anilines is 1. The normalized spacial score (nSPS) is 21.9. The van der Waals surface area contributed by atoms with Crippen LogP contribution in [0.5, 0.6) is 0 Å². The van der Waals surface area contributed by atoms with Crippen molar-refractivity contribution in [1.82, 2.24) is 9.78 Å². The maximum atomic E-state index is 14.6. The summed E-state index contributed by atoms with van der Waals surface area (Å²) < 4.78 is 1.89. The fraction of sp³-hybridized carbons (Fsp3) is 0.233. The molecule has 3 aliphatic rings. The number of nitrogens with one attached hydrogen (secondary N) is 1. The first-order valence-electron chi connectivity index (χ1n) is 12.1. The van der Waals surface area contributed by atoms with Crippen molar-refractivity contribution in [2.45, 2.75) is 39.0 Å². The number of hydrogen-bond acceptors (Lipinski definition) is 4. The van der Waals surface area contributed by atoms with E-state index in [0.29, 0.717) is 24.0 Å². The van der Waals surface area contributed by atoms with Gasteiger partial charge in [0.2, 0.25) is 0 Å². The molecule has 2 heterocycles. The third-order valence-electron chi connectivity index (χ3n) is 7.85. The van der Waals surface area contributed by atoms with Gasteiger partial charge in [-0.15, -0.1) is 0 Å². The van der Waals surface area contributed by atoms with Crippen LogP contribution >= 0.6 is 0 Å². The fourth-order valence-corrected chi connectivity index (χ4v) is 6.64. The van der Waals surface area contributed by atoms with E-state index in [0.717, 1.165) is 44.8 Å². The van der Waals surface area contributed by atoms with E-state index < -0.39 is 5.41 Å². The lowest BCUT2D eigenvalue weighted by atomic mass is 9.60. The minimum absolute atomic E-state index is 0.0247. The number of nitrogens with zero attached hydrogens (tertiary/aromatic N) is 2. The van der Waals surface area contributed by atoms with Gasteiger partial charge in [-0.25, -0.2) is 4.68 Å². The van der Waals surface area contributed by atoms with Gasteiger partial charge in [-0.3, -0.25) is 9.59 Å². The highest BCUT2D eigenvalue weighted by atomic mass is 16.1. The minimum atomic E-state index is -1.19. The molecule has 1 N–H and O–H groups in total. The van der Waals surface area contributed by atoms with E-state index in [1.165, 1.54) is 0 Å². The Balaban J connectivity index is 1.64. The largest absolute Gasteiger partial charge is 0.343 e. The van der Waals surface area contributed by atoms with Gasteiger partial charge in [0, 0.05) is 28.8 Å². The third-order valence-corrected chi connectivity index (χ3v) is 7.85. The van der Waals surface area contributed by atoms with Crippen molar-refractivity contribution >= 4 is 28.2 Å². The molecule has 0 saturated carbocycles. The third kappa shape index (κ3) is 2.45. The van der Waals surface area contributed by atoms with Crippen molar-refractivity contribution in [3.05, 3.63) is 100 Å². The zero-order chi connectivity index (χ0) is 24.1. The second-order valence-corrected chi connectivity index (χ2v) is 10.8. The van der Waals surface area contributed by atoms with Crippen molar-refractivity contribution in [2.75, 3.05) is 5.32 Å². The van der Waals surface area contributed by atoms with Crippen LogP contribution in [-0.2, 0) is 10.2 Å².